The van der Waals surface area contributed by atoms with Crippen molar-refractivity contribution in [2.24, 2.45) is 23.2 Å². The Bertz CT molecular complexity index is 443. The average molecular weight is 394 g/mol. The lowest BCUT2D eigenvalue weighted by Crippen LogP contribution is -2.46. The van der Waals surface area contributed by atoms with Gasteiger partial charge in [0.05, 0.1) is 0 Å². The minimum atomic E-state index is 0.773. The number of hydrogen-bond donors (Lipinski definition) is 0. The van der Waals surface area contributed by atoms with Crippen molar-refractivity contribution in [3.63, 3.8) is 0 Å². The molecule has 0 heterocycles. The monoisotopic (exact) mass is 394 g/mol. The van der Waals surface area contributed by atoms with Gasteiger partial charge in [-0.25, -0.2) is 0 Å². The van der Waals surface area contributed by atoms with E-state index in [0.717, 1.165) is 27.1 Å². The van der Waals surface area contributed by atoms with Crippen molar-refractivity contribution in [1.82, 2.24) is 0 Å². The van der Waals surface area contributed by atoms with Gasteiger partial charge in [0.1, 0.15) is 0 Å². The predicted octanol–water partition coefficient (Wildman–Crippen LogP) is 6.03. The molecule has 0 aliphatic heterocycles. The molecule has 0 spiro atoms. The van der Waals surface area contributed by atoms with E-state index in [2.05, 4.69) is 52.9 Å². The van der Waals surface area contributed by atoms with Crippen LogP contribution in [0.15, 0.2) is 30.3 Å². The lowest BCUT2D eigenvalue weighted by molar-refractivity contribution is -0.0579. The largest absolute Gasteiger partial charge is 0.0823 e. The van der Waals surface area contributed by atoms with Crippen LogP contribution in [0.2, 0.25) is 0 Å². The summed E-state index contributed by atoms with van der Waals surface area (Å²) in [4.78, 5) is 0. The molecule has 0 aromatic heterocycles. The summed E-state index contributed by atoms with van der Waals surface area (Å²) in [7, 11) is 0. The quantitative estimate of drug-likeness (QED) is 0.423. The molecule has 4 fully saturated rings. The first-order valence-electron chi connectivity index (χ1n) is 8.89. The molecule has 0 nitrogen and oxygen atoms in total. The van der Waals surface area contributed by atoms with Crippen LogP contribution in [0.4, 0.5) is 0 Å². The van der Waals surface area contributed by atoms with Gasteiger partial charge < -0.3 is 0 Å². The molecule has 4 bridgehead atoms. The fourth-order valence-electron chi connectivity index (χ4n) is 6.03. The molecule has 5 rings (SSSR count). The Balaban J connectivity index is 1.34. The van der Waals surface area contributed by atoms with Crippen LogP contribution >= 0.6 is 22.6 Å². The third kappa shape index (κ3) is 3.18. The van der Waals surface area contributed by atoms with E-state index in [1.165, 1.54) is 24.8 Å². The van der Waals surface area contributed by atoms with Crippen LogP contribution in [0, 0.1) is 23.2 Å². The molecule has 4 aliphatic carbocycles. The standard InChI is InChI=1S/C20H27I/c21-19(11-15-4-2-1-3-5-15)6-7-20-12-16-8-17(13-20)10-18(9-16)14-20/h1-5,16-19H,6-14H2/t16?,17?,18?,19-,20?/m0/s1. The molecule has 0 saturated heterocycles. The number of rotatable bonds is 5. The fourth-order valence-corrected chi connectivity index (χ4v) is 6.85. The summed E-state index contributed by atoms with van der Waals surface area (Å²) in [5.41, 5.74) is 2.29. The average Bonchev–Trinajstić information content (AvgIpc) is 2.45. The molecule has 4 saturated carbocycles. The van der Waals surface area contributed by atoms with Crippen LogP contribution in [0.25, 0.3) is 0 Å². The Labute approximate surface area is 143 Å². The van der Waals surface area contributed by atoms with E-state index in [0.29, 0.717) is 0 Å². The second kappa shape index (κ2) is 5.86. The Kier molecular flexibility index (Phi) is 4.06. The maximum absolute atomic E-state index is 2.70. The molecule has 0 unspecified atom stereocenters. The van der Waals surface area contributed by atoms with Crippen molar-refractivity contribution in [3.05, 3.63) is 35.9 Å². The SMILES string of the molecule is I[C@@H](CCC12CC3CC(CC(C3)C1)C2)Cc1ccccc1. The number of hydrogen-bond acceptors (Lipinski definition) is 0. The van der Waals surface area contributed by atoms with Crippen molar-refractivity contribution in [1.29, 1.82) is 0 Å². The van der Waals surface area contributed by atoms with E-state index >= 15 is 0 Å². The van der Waals surface area contributed by atoms with E-state index in [1.807, 2.05) is 0 Å². The molecular formula is C20H27I. The third-order valence-corrected chi connectivity index (χ3v) is 7.52. The van der Waals surface area contributed by atoms with Gasteiger partial charge in [-0.3, -0.25) is 0 Å². The van der Waals surface area contributed by atoms with Gasteiger partial charge in [0.2, 0.25) is 0 Å². The number of halogens is 1. The summed E-state index contributed by atoms with van der Waals surface area (Å²) in [5, 5.41) is 0. The maximum Gasteiger partial charge on any atom is 0.0150 e. The molecule has 1 atom stereocenters. The molecule has 1 heteroatoms. The summed E-state index contributed by atoms with van der Waals surface area (Å²) in [6, 6.07) is 11.1. The van der Waals surface area contributed by atoms with E-state index < -0.39 is 0 Å². The van der Waals surface area contributed by atoms with Gasteiger partial charge >= 0.3 is 0 Å². The minimum absolute atomic E-state index is 0.773. The lowest BCUT2D eigenvalue weighted by atomic mass is 9.48. The lowest BCUT2D eigenvalue weighted by Gasteiger charge is -2.57. The van der Waals surface area contributed by atoms with Gasteiger partial charge in [-0.15, -0.1) is 0 Å². The predicted molar refractivity (Wildman–Crippen MR) is 97.8 cm³/mol. The van der Waals surface area contributed by atoms with Crippen LogP contribution < -0.4 is 0 Å². The Morgan fingerprint density at radius 2 is 1.52 bits per heavy atom. The van der Waals surface area contributed by atoms with Crippen LogP contribution in [0.3, 0.4) is 0 Å². The molecule has 4 aliphatic rings. The highest BCUT2D eigenvalue weighted by Crippen LogP contribution is 2.61. The molecule has 21 heavy (non-hydrogen) atoms. The maximum atomic E-state index is 2.70. The summed E-state index contributed by atoms with van der Waals surface area (Å²) in [6.07, 6.45) is 13.7. The number of benzene rings is 1. The Morgan fingerprint density at radius 3 is 2.10 bits per heavy atom. The molecule has 1 aromatic rings. The van der Waals surface area contributed by atoms with Gasteiger partial charge in [-0.2, -0.15) is 0 Å². The van der Waals surface area contributed by atoms with Crippen LogP contribution in [0.1, 0.15) is 56.9 Å². The molecule has 114 valence electrons. The van der Waals surface area contributed by atoms with Crippen molar-refractivity contribution in [3.8, 4) is 0 Å². The second-order valence-electron chi connectivity index (χ2n) is 8.24. The molecule has 0 amide bonds. The van der Waals surface area contributed by atoms with E-state index in [4.69, 9.17) is 0 Å². The highest BCUT2D eigenvalue weighted by molar-refractivity contribution is 14.1. The first-order chi connectivity index (χ1) is 10.2. The first kappa shape index (κ1) is 14.5. The highest BCUT2D eigenvalue weighted by Gasteiger charge is 2.50. The van der Waals surface area contributed by atoms with Crippen LogP contribution in [-0.4, -0.2) is 3.92 Å². The Hall–Kier alpha value is -0.0500. The normalized spacial score (nSPS) is 38.6. The summed E-state index contributed by atoms with van der Waals surface area (Å²) < 4.78 is 0.818. The van der Waals surface area contributed by atoms with E-state index in [-0.39, 0.29) is 0 Å². The molecule has 1 aromatic carbocycles. The summed E-state index contributed by atoms with van der Waals surface area (Å²) in [6.45, 7) is 0. The van der Waals surface area contributed by atoms with Crippen molar-refractivity contribution in [2.45, 2.75) is 61.7 Å². The second-order valence-corrected chi connectivity index (χ2v) is 10.0. The van der Waals surface area contributed by atoms with Gasteiger partial charge in [0.25, 0.3) is 0 Å². The summed E-state index contributed by atoms with van der Waals surface area (Å²) in [5.74, 6) is 3.33. The third-order valence-electron chi connectivity index (χ3n) is 6.45. The van der Waals surface area contributed by atoms with E-state index in [1.54, 1.807) is 38.5 Å². The minimum Gasteiger partial charge on any atom is -0.0823 e. The molecule has 0 radical (unpaired) electrons. The zero-order valence-electron chi connectivity index (χ0n) is 12.9. The highest BCUT2D eigenvalue weighted by atomic mass is 127. The van der Waals surface area contributed by atoms with E-state index in [9.17, 15) is 0 Å². The smallest absolute Gasteiger partial charge is 0.0150 e. The van der Waals surface area contributed by atoms with Crippen molar-refractivity contribution < 1.29 is 0 Å². The molecular weight excluding hydrogens is 367 g/mol. The first-order valence-corrected chi connectivity index (χ1v) is 10.1. The van der Waals surface area contributed by atoms with Gasteiger partial charge in [-0.05, 0) is 86.5 Å². The van der Waals surface area contributed by atoms with Crippen molar-refractivity contribution in [2.75, 3.05) is 0 Å². The zero-order chi connectivity index (χ0) is 14.3. The molecule has 0 N–H and O–H groups in total. The fraction of sp³-hybridized carbons (Fsp3) is 0.700. The van der Waals surface area contributed by atoms with Gasteiger partial charge in [-0.1, -0.05) is 52.9 Å². The topological polar surface area (TPSA) is 0 Å². The zero-order valence-corrected chi connectivity index (χ0v) is 15.1. The van der Waals surface area contributed by atoms with Gasteiger partial charge in [0.15, 0.2) is 0 Å². The van der Waals surface area contributed by atoms with Crippen LogP contribution in [0.5, 0.6) is 0 Å². The Morgan fingerprint density at radius 1 is 0.952 bits per heavy atom. The number of alkyl halides is 1. The van der Waals surface area contributed by atoms with Crippen LogP contribution in [-0.2, 0) is 6.42 Å². The van der Waals surface area contributed by atoms with Crippen molar-refractivity contribution >= 4 is 22.6 Å². The summed E-state index contributed by atoms with van der Waals surface area (Å²) >= 11 is 2.70. The van der Waals surface area contributed by atoms with Gasteiger partial charge in [0, 0.05) is 3.92 Å².